The lowest BCUT2D eigenvalue weighted by molar-refractivity contribution is 0.598. The van der Waals surface area contributed by atoms with Crippen LogP contribution in [-0.4, -0.2) is 33.5 Å². The van der Waals surface area contributed by atoms with E-state index in [4.69, 9.17) is 0 Å². The summed E-state index contributed by atoms with van der Waals surface area (Å²) in [6, 6.07) is 0. The molecule has 1 N–H and O–H groups in total. The molecule has 5 heteroatoms. The van der Waals surface area contributed by atoms with Gasteiger partial charge >= 0.3 is 0 Å². The molecule has 0 aromatic heterocycles. The van der Waals surface area contributed by atoms with Crippen LogP contribution in [0, 0.1) is 0 Å². The SMILES string of the molecule is C=C(Br)CNCCS(C)(=O)=O. The second-order valence-corrected chi connectivity index (χ2v) is 5.71. The van der Waals surface area contributed by atoms with Crippen molar-refractivity contribution in [2.75, 3.05) is 25.1 Å². The van der Waals surface area contributed by atoms with Crippen LogP contribution in [0.3, 0.4) is 0 Å². The molecule has 0 saturated carbocycles. The van der Waals surface area contributed by atoms with E-state index < -0.39 is 9.84 Å². The predicted octanol–water partition coefficient (Wildman–Crippen LogP) is 0.529. The average molecular weight is 242 g/mol. The fraction of sp³-hybridized carbons (Fsp3) is 0.667. The molecule has 0 rings (SSSR count). The maximum Gasteiger partial charge on any atom is 0.148 e. The van der Waals surface area contributed by atoms with Gasteiger partial charge in [-0.1, -0.05) is 22.5 Å². The van der Waals surface area contributed by atoms with Crippen molar-refractivity contribution in [2.24, 2.45) is 0 Å². The van der Waals surface area contributed by atoms with Crippen molar-refractivity contribution in [1.29, 1.82) is 0 Å². The topological polar surface area (TPSA) is 46.2 Å². The van der Waals surface area contributed by atoms with Gasteiger partial charge in [-0.15, -0.1) is 0 Å². The highest BCUT2D eigenvalue weighted by Crippen LogP contribution is 1.96. The zero-order chi connectivity index (χ0) is 8.91. The second kappa shape index (κ2) is 4.90. The Bertz CT molecular complexity index is 223. The summed E-state index contributed by atoms with van der Waals surface area (Å²) in [6.45, 7) is 4.68. The Morgan fingerprint density at radius 1 is 1.64 bits per heavy atom. The first-order valence-corrected chi connectivity index (χ1v) is 5.99. The summed E-state index contributed by atoms with van der Waals surface area (Å²) in [5.74, 6) is 0.174. The van der Waals surface area contributed by atoms with Crippen LogP contribution < -0.4 is 5.32 Å². The van der Waals surface area contributed by atoms with Gasteiger partial charge in [0.15, 0.2) is 0 Å². The third-order valence-electron chi connectivity index (χ3n) is 0.966. The van der Waals surface area contributed by atoms with Crippen molar-refractivity contribution in [1.82, 2.24) is 5.32 Å². The highest BCUT2D eigenvalue weighted by molar-refractivity contribution is 9.11. The first-order chi connectivity index (χ1) is 4.92. The molecule has 0 aromatic carbocycles. The zero-order valence-corrected chi connectivity index (χ0v) is 8.83. The van der Waals surface area contributed by atoms with Crippen molar-refractivity contribution >= 4 is 25.8 Å². The molecule has 0 spiro atoms. The molecule has 0 aromatic rings. The average Bonchev–Trinajstić information content (AvgIpc) is 1.78. The van der Waals surface area contributed by atoms with Gasteiger partial charge in [0.2, 0.25) is 0 Å². The minimum Gasteiger partial charge on any atom is -0.311 e. The van der Waals surface area contributed by atoms with Crippen LogP contribution in [0.25, 0.3) is 0 Å². The van der Waals surface area contributed by atoms with Crippen LogP contribution in [0.15, 0.2) is 11.1 Å². The Balaban J connectivity index is 3.37. The third kappa shape index (κ3) is 10.1. The van der Waals surface area contributed by atoms with E-state index >= 15 is 0 Å². The van der Waals surface area contributed by atoms with Crippen molar-refractivity contribution in [2.45, 2.75) is 0 Å². The van der Waals surface area contributed by atoms with Gasteiger partial charge in [0.05, 0.1) is 5.75 Å². The van der Waals surface area contributed by atoms with Crippen LogP contribution >= 0.6 is 15.9 Å². The second-order valence-electron chi connectivity index (χ2n) is 2.32. The molecular formula is C6H12BrNO2S. The lowest BCUT2D eigenvalue weighted by Gasteiger charge is -2.00. The maximum atomic E-state index is 10.6. The van der Waals surface area contributed by atoms with E-state index in [1.807, 2.05) is 0 Å². The summed E-state index contributed by atoms with van der Waals surface area (Å²) in [6.07, 6.45) is 1.22. The van der Waals surface area contributed by atoms with Crippen molar-refractivity contribution < 1.29 is 8.42 Å². The number of halogens is 1. The molecule has 0 unspecified atom stereocenters. The lowest BCUT2D eigenvalue weighted by atomic mass is 10.6. The minimum atomic E-state index is -2.83. The summed E-state index contributed by atoms with van der Waals surface area (Å²) in [5.41, 5.74) is 0. The monoisotopic (exact) mass is 241 g/mol. The minimum absolute atomic E-state index is 0.174. The van der Waals surface area contributed by atoms with Crippen LogP contribution in [0.4, 0.5) is 0 Å². The van der Waals surface area contributed by atoms with Crippen molar-refractivity contribution in [3.8, 4) is 0 Å². The quantitative estimate of drug-likeness (QED) is 0.715. The smallest absolute Gasteiger partial charge is 0.148 e. The third-order valence-corrected chi connectivity index (χ3v) is 2.19. The maximum absolute atomic E-state index is 10.6. The van der Waals surface area contributed by atoms with Gasteiger partial charge in [-0.3, -0.25) is 0 Å². The van der Waals surface area contributed by atoms with Gasteiger partial charge in [0, 0.05) is 23.8 Å². The van der Waals surface area contributed by atoms with Crippen LogP contribution in [-0.2, 0) is 9.84 Å². The van der Waals surface area contributed by atoms with E-state index in [-0.39, 0.29) is 5.75 Å². The number of nitrogens with one attached hydrogen (secondary N) is 1. The van der Waals surface area contributed by atoms with E-state index in [0.29, 0.717) is 13.1 Å². The van der Waals surface area contributed by atoms with Crippen molar-refractivity contribution in [3.05, 3.63) is 11.1 Å². The summed E-state index contributed by atoms with van der Waals surface area (Å²) in [5, 5.41) is 2.92. The van der Waals surface area contributed by atoms with Crippen LogP contribution in [0.5, 0.6) is 0 Å². The molecule has 66 valence electrons. The van der Waals surface area contributed by atoms with Crippen molar-refractivity contribution in [3.63, 3.8) is 0 Å². The molecule has 0 fully saturated rings. The Hall–Kier alpha value is 0.130. The van der Waals surface area contributed by atoms with Gasteiger partial charge in [-0.25, -0.2) is 8.42 Å². The van der Waals surface area contributed by atoms with E-state index in [9.17, 15) is 8.42 Å². The van der Waals surface area contributed by atoms with Gasteiger partial charge in [-0.2, -0.15) is 0 Å². The summed E-state index contributed by atoms with van der Waals surface area (Å²) >= 11 is 3.15. The van der Waals surface area contributed by atoms with Crippen LogP contribution in [0.2, 0.25) is 0 Å². The van der Waals surface area contributed by atoms with Gasteiger partial charge in [0.1, 0.15) is 9.84 Å². The highest BCUT2D eigenvalue weighted by atomic mass is 79.9. The summed E-state index contributed by atoms with van der Waals surface area (Å²) in [4.78, 5) is 0. The number of rotatable bonds is 5. The first kappa shape index (κ1) is 11.1. The lowest BCUT2D eigenvalue weighted by Crippen LogP contribution is -2.23. The predicted molar refractivity (Wildman–Crippen MR) is 50.6 cm³/mol. The first-order valence-electron chi connectivity index (χ1n) is 3.13. The molecule has 0 heterocycles. The Kier molecular flexibility index (Phi) is 4.96. The molecule has 0 saturated heterocycles. The molecule has 0 atom stereocenters. The molecule has 0 aliphatic heterocycles. The molecule has 0 amide bonds. The van der Waals surface area contributed by atoms with E-state index in [2.05, 4.69) is 27.8 Å². The number of hydrogen-bond donors (Lipinski definition) is 1. The molecular weight excluding hydrogens is 230 g/mol. The Morgan fingerprint density at radius 2 is 2.18 bits per heavy atom. The summed E-state index contributed by atoms with van der Waals surface area (Å²) < 4.78 is 22.0. The van der Waals surface area contributed by atoms with E-state index in [1.54, 1.807) is 0 Å². The normalized spacial score (nSPS) is 11.5. The van der Waals surface area contributed by atoms with E-state index in [1.165, 1.54) is 6.26 Å². The van der Waals surface area contributed by atoms with Gasteiger partial charge in [0.25, 0.3) is 0 Å². The fourth-order valence-electron chi connectivity index (χ4n) is 0.482. The zero-order valence-electron chi connectivity index (χ0n) is 6.43. The van der Waals surface area contributed by atoms with E-state index in [0.717, 1.165) is 4.48 Å². The molecule has 0 aliphatic rings. The summed E-state index contributed by atoms with van der Waals surface area (Å²) in [7, 11) is -2.83. The molecule has 0 aliphatic carbocycles. The molecule has 3 nitrogen and oxygen atoms in total. The largest absolute Gasteiger partial charge is 0.311 e. The number of sulfone groups is 1. The molecule has 0 radical (unpaired) electrons. The molecule has 11 heavy (non-hydrogen) atoms. The van der Waals surface area contributed by atoms with Gasteiger partial charge in [-0.05, 0) is 0 Å². The highest BCUT2D eigenvalue weighted by Gasteiger charge is 1.99. The fourth-order valence-corrected chi connectivity index (χ4v) is 1.19. The van der Waals surface area contributed by atoms with Gasteiger partial charge < -0.3 is 5.32 Å². The standard InChI is InChI=1S/C6H12BrNO2S/c1-6(7)5-8-3-4-11(2,9)10/h8H,1,3-5H2,2H3. The molecule has 0 bridgehead atoms. The van der Waals surface area contributed by atoms with Crippen LogP contribution in [0.1, 0.15) is 0 Å². The number of hydrogen-bond acceptors (Lipinski definition) is 3. The Labute approximate surface area is 75.9 Å². The Morgan fingerprint density at radius 3 is 2.55 bits per heavy atom.